The van der Waals surface area contributed by atoms with Gasteiger partial charge in [0.05, 0.1) is 0 Å². The van der Waals surface area contributed by atoms with Crippen LogP contribution in [0.1, 0.15) is 5.56 Å². The van der Waals surface area contributed by atoms with Crippen LogP contribution in [0.5, 0.6) is 0 Å². The minimum Gasteiger partial charge on any atom is -0.364 e. The van der Waals surface area contributed by atoms with E-state index >= 15 is 0 Å². The number of aromatic nitrogens is 1. The molecule has 1 heterocycles. The Morgan fingerprint density at radius 1 is 1.64 bits per heavy atom. The van der Waals surface area contributed by atoms with Gasteiger partial charge in [0.25, 0.3) is 0 Å². The van der Waals surface area contributed by atoms with Crippen LogP contribution in [0.3, 0.4) is 0 Å². The van der Waals surface area contributed by atoms with E-state index in [-0.39, 0.29) is 12.8 Å². The molecule has 14 heavy (non-hydrogen) atoms. The summed E-state index contributed by atoms with van der Waals surface area (Å²) in [5, 5.41) is 5.06. The van der Waals surface area contributed by atoms with Gasteiger partial charge in [0.1, 0.15) is 12.5 Å². The first-order valence-corrected chi connectivity index (χ1v) is 4.19. The third kappa shape index (κ3) is 3.40. The highest BCUT2D eigenvalue weighted by Crippen LogP contribution is 2.04. The van der Waals surface area contributed by atoms with E-state index in [9.17, 15) is 4.79 Å². The molecule has 2 N–H and O–H groups in total. The van der Waals surface area contributed by atoms with Crippen LogP contribution in [0.15, 0.2) is 18.3 Å². The van der Waals surface area contributed by atoms with Gasteiger partial charge < -0.3 is 10.1 Å². The molecule has 1 rings (SSSR count). The molecule has 1 aromatic rings. The molecule has 2 amide bonds. The van der Waals surface area contributed by atoms with Crippen LogP contribution in [0.4, 0.5) is 10.6 Å². The average molecular weight is 195 g/mol. The van der Waals surface area contributed by atoms with E-state index in [2.05, 4.69) is 20.4 Å². The van der Waals surface area contributed by atoms with Crippen molar-refractivity contribution >= 4 is 11.8 Å². The highest BCUT2D eigenvalue weighted by Gasteiger charge is 2.00. The van der Waals surface area contributed by atoms with E-state index in [1.807, 2.05) is 13.0 Å². The molecule has 0 atom stereocenters. The van der Waals surface area contributed by atoms with E-state index in [1.165, 1.54) is 7.11 Å². The molecular formula is C9H13N3O2. The predicted octanol–water partition coefficient (Wildman–Crippen LogP) is 1.12. The van der Waals surface area contributed by atoms with Gasteiger partial charge >= 0.3 is 6.03 Å². The van der Waals surface area contributed by atoms with Gasteiger partial charge in [-0.1, -0.05) is 0 Å². The number of nitrogens with one attached hydrogen (secondary N) is 2. The Morgan fingerprint density at radius 2 is 2.43 bits per heavy atom. The summed E-state index contributed by atoms with van der Waals surface area (Å²) in [6, 6.07) is 3.31. The lowest BCUT2D eigenvalue weighted by atomic mass is 10.3. The maximum Gasteiger partial charge on any atom is 0.322 e. The van der Waals surface area contributed by atoms with Gasteiger partial charge in [0.2, 0.25) is 0 Å². The Kier molecular flexibility index (Phi) is 3.87. The first-order valence-electron chi connectivity index (χ1n) is 4.19. The molecule has 5 heteroatoms. The molecule has 0 aliphatic heterocycles. The number of anilines is 1. The molecule has 0 aliphatic carbocycles. The number of carbonyl (C=O) groups excluding carboxylic acids is 1. The van der Waals surface area contributed by atoms with Gasteiger partial charge in [-0.15, -0.1) is 0 Å². The minimum absolute atomic E-state index is 0.178. The molecule has 0 aromatic carbocycles. The second-order valence-corrected chi connectivity index (χ2v) is 2.78. The standard InChI is InChI=1S/C9H13N3O2/c1-7-3-4-10-8(5-7)12-9(13)11-6-14-2/h3-5H,6H2,1-2H3,(H2,10,11,12,13). The van der Waals surface area contributed by atoms with Gasteiger partial charge in [-0.2, -0.15) is 0 Å². The normalized spacial score (nSPS) is 9.57. The molecule has 0 unspecified atom stereocenters. The van der Waals surface area contributed by atoms with Crippen molar-refractivity contribution in [2.75, 3.05) is 19.2 Å². The Labute approximate surface area is 82.5 Å². The number of ether oxygens (including phenoxy) is 1. The fourth-order valence-corrected chi connectivity index (χ4v) is 0.903. The highest BCUT2D eigenvalue weighted by atomic mass is 16.5. The molecule has 1 aromatic heterocycles. The zero-order chi connectivity index (χ0) is 10.4. The SMILES string of the molecule is COCNC(=O)Nc1cc(C)ccn1. The van der Waals surface area contributed by atoms with Crippen molar-refractivity contribution in [3.8, 4) is 0 Å². The first kappa shape index (κ1) is 10.5. The van der Waals surface area contributed by atoms with Crippen LogP contribution in [0, 0.1) is 6.92 Å². The van der Waals surface area contributed by atoms with Crippen LogP contribution in [0.25, 0.3) is 0 Å². The first-order chi connectivity index (χ1) is 6.72. The summed E-state index contributed by atoms with van der Waals surface area (Å²) in [5.41, 5.74) is 1.04. The van der Waals surface area contributed by atoms with E-state index in [0.717, 1.165) is 5.56 Å². The number of aryl methyl sites for hydroxylation is 1. The summed E-state index contributed by atoms with van der Waals surface area (Å²) < 4.78 is 4.68. The van der Waals surface area contributed by atoms with Crippen LogP contribution < -0.4 is 10.6 Å². The predicted molar refractivity (Wildman–Crippen MR) is 53.0 cm³/mol. The van der Waals surface area contributed by atoms with Crippen molar-refractivity contribution < 1.29 is 9.53 Å². The minimum atomic E-state index is -0.329. The molecule has 76 valence electrons. The fraction of sp³-hybridized carbons (Fsp3) is 0.333. The third-order valence-electron chi connectivity index (χ3n) is 1.53. The maximum absolute atomic E-state index is 11.1. The number of carbonyl (C=O) groups is 1. The Bertz CT molecular complexity index is 315. The molecule has 5 nitrogen and oxygen atoms in total. The molecular weight excluding hydrogens is 182 g/mol. The topological polar surface area (TPSA) is 63.2 Å². The van der Waals surface area contributed by atoms with Crippen molar-refractivity contribution in [2.45, 2.75) is 6.92 Å². The largest absolute Gasteiger partial charge is 0.364 e. The number of hydrogen-bond donors (Lipinski definition) is 2. The lowest BCUT2D eigenvalue weighted by molar-refractivity contribution is 0.177. The van der Waals surface area contributed by atoms with E-state index < -0.39 is 0 Å². The van der Waals surface area contributed by atoms with Gasteiger partial charge in [0, 0.05) is 13.3 Å². The number of amides is 2. The molecule has 0 aliphatic rings. The summed E-state index contributed by atoms with van der Waals surface area (Å²) in [6.07, 6.45) is 1.64. The van der Waals surface area contributed by atoms with Crippen LogP contribution in [-0.2, 0) is 4.74 Å². The Hall–Kier alpha value is -1.62. The number of methoxy groups -OCH3 is 1. The van der Waals surface area contributed by atoms with E-state index in [4.69, 9.17) is 0 Å². The fourth-order valence-electron chi connectivity index (χ4n) is 0.903. The monoisotopic (exact) mass is 195 g/mol. The van der Waals surface area contributed by atoms with Crippen molar-refractivity contribution in [1.82, 2.24) is 10.3 Å². The van der Waals surface area contributed by atoms with Crippen LogP contribution in [0.2, 0.25) is 0 Å². The second-order valence-electron chi connectivity index (χ2n) is 2.78. The lowest BCUT2D eigenvalue weighted by Gasteiger charge is -2.05. The van der Waals surface area contributed by atoms with Crippen molar-refractivity contribution in [2.24, 2.45) is 0 Å². The van der Waals surface area contributed by atoms with Gasteiger partial charge in [-0.05, 0) is 24.6 Å². The zero-order valence-corrected chi connectivity index (χ0v) is 8.20. The summed E-state index contributed by atoms with van der Waals surface area (Å²) in [7, 11) is 1.51. The van der Waals surface area contributed by atoms with Crippen molar-refractivity contribution in [1.29, 1.82) is 0 Å². The highest BCUT2D eigenvalue weighted by molar-refractivity contribution is 5.88. The second kappa shape index (κ2) is 5.18. The number of pyridine rings is 1. The Balaban J connectivity index is 2.47. The van der Waals surface area contributed by atoms with Gasteiger partial charge in [-0.3, -0.25) is 5.32 Å². The van der Waals surface area contributed by atoms with E-state index in [1.54, 1.807) is 12.3 Å². The van der Waals surface area contributed by atoms with E-state index in [0.29, 0.717) is 5.82 Å². The van der Waals surface area contributed by atoms with Gasteiger partial charge in [-0.25, -0.2) is 9.78 Å². The van der Waals surface area contributed by atoms with Crippen LogP contribution in [-0.4, -0.2) is 24.9 Å². The average Bonchev–Trinajstić information content (AvgIpc) is 2.15. The molecule has 0 radical (unpaired) electrons. The van der Waals surface area contributed by atoms with Crippen molar-refractivity contribution in [3.05, 3.63) is 23.9 Å². The summed E-state index contributed by atoms with van der Waals surface area (Å²) >= 11 is 0. The number of nitrogens with zero attached hydrogens (tertiary/aromatic N) is 1. The third-order valence-corrected chi connectivity index (χ3v) is 1.53. The molecule has 0 saturated carbocycles. The summed E-state index contributed by atoms with van der Waals surface area (Å²) in [4.78, 5) is 15.1. The summed E-state index contributed by atoms with van der Waals surface area (Å²) in [6.45, 7) is 2.11. The van der Waals surface area contributed by atoms with Crippen molar-refractivity contribution in [3.63, 3.8) is 0 Å². The zero-order valence-electron chi connectivity index (χ0n) is 8.20. The number of urea groups is 1. The molecule has 0 spiro atoms. The van der Waals surface area contributed by atoms with Gasteiger partial charge in [0.15, 0.2) is 0 Å². The lowest BCUT2D eigenvalue weighted by Crippen LogP contribution is -2.30. The quantitative estimate of drug-likeness (QED) is 0.710. The smallest absolute Gasteiger partial charge is 0.322 e. The van der Waals surface area contributed by atoms with Crippen LogP contribution >= 0.6 is 0 Å². The number of hydrogen-bond acceptors (Lipinski definition) is 3. The number of rotatable bonds is 3. The maximum atomic E-state index is 11.1. The molecule has 0 bridgehead atoms. The Morgan fingerprint density at radius 3 is 3.07 bits per heavy atom. The summed E-state index contributed by atoms with van der Waals surface area (Å²) in [5.74, 6) is 0.526. The molecule has 0 saturated heterocycles. The molecule has 0 fully saturated rings.